The number of carbonyl (C=O) groups excluding carboxylic acids is 1. The fourth-order valence-corrected chi connectivity index (χ4v) is 4.61. The van der Waals surface area contributed by atoms with E-state index in [4.69, 9.17) is 4.74 Å². The van der Waals surface area contributed by atoms with E-state index in [2.05, 4.69) is 30.8 Å². The SMILES string of the molecule is CCCCN1CC2CC[C@H](N(C)C)C(C1)[C@@H]2OC(=O)c1ccccc1. The molecule has 1 saturated carbocycles. The minimum absolute atomic E-state index is 0.0479. The molecule has 138 valence electrons. The highest BCUT2D eigenvalue weighted by molar-refractivity contribution is 5.89. The third-order valence-corrected chi connectivity index (χ3v) is 5.92. The molecule has 2 unspecified atom stereocenters. The number of carbonyl (C=O) groups is 1. The monoisotopic (exact) mass is 344 g/mol. The summed E-state index contributed by atoms with van der Waals surface area (Å²) in [5.41, 5.74) is 0.662. The first-order valence-electron chi connectivity index (χ1n) is 9.75. The second-order valence-electron chi connectivity index (χ2n) is 7.88. The van der Waals surface area contributed by atoms with Gasteiger partial charge in [0.05, 0.1) is 5.56 Å². The Morgan fingerprint density at radius 1 is 1.20 bits per heavy atom. The summed E-state index contributed by atoms with van der Waals surface area (Å²) < 4.78 is 6.09. The second-order valence-corrected chi connectivity index (χ2v) is 7.88. The third-order valence-electron chi connectivity index (χ3n) is 5.92. The molecule has 4 nitrogen and oxygen atoms in total. The van der Waals surface area contributed by atoms with E-state index in [9.17, 15) is 4.79 Å². The molecule has 1 saturated heterocycles. The van der Waals surface area contributed by atoms with Gasteiger partial charge in [-0.2, -0.15) is 0 Å². The number of rotatable bonds is 6. The number of fused-ring (bicyclic) bond motifs is 2. The van der Waals surface area contributed by atoms with Crippen LogP contribution in [0.2, 0.25) is 0 Å². The molecular formula is C21H32N2O2. The number of nitrogens with zero attached hydrogens (tertiary/aromatic N) is 2. The molecule has 4 heteroatoms. The van der Waals surface area contributed by atoms with Gasteiger partial charge in [0.1, 0.15) is 6.10 Å². The molecule has 1 aliphatic carbocycles. The molecule has 3 rings (SSSR count). The largest absolute Gasteiger partial charge is 0.458 e. The summed E-state index contributed by atoms with van der Waals surface area (Å²) in [7, 11) is 4.32. The van der Waals surface area contributed by atoms with Crippen LogP contribution >= 0.6 is 0 Å². The third kappa shape index (κ3) is 4.24. The molecule has 25 heavy (non-hydrogen) atoms. The van der Waals surface area contributed by atoms with Crippen molar-refractivity contribution in [1.82, 2.24) is 9.80 Å². The summed E-state index contributed by atoms with van der Waals surface area (Å²) in [5.74, 6) is 0.716. The topological polar surface area (TPSA) is 32.8 Å². The summed E-state index contributed by atoms with van der Waals surface area (Å²) in [4.78, 5) is 17.6. The average Bonchev–Trinajstić information content (AvgIpc) is 2.60. The van der Waals surface area contributed by atoms with Gasteiger partial charge in [0.25, 0.3) is 0 Å². The highest BCUT2D eigenvalue weighted by Gasteiger charge is 2.47. The quantitative estimate of drug-likeness (QED) is 0.742. The molecule has 2 fully saturated rings. The van der Waals surface area contributed by atoms with Crippen molar-refractivity contribution in [2.45, 2.75) is 44.8 Å². The summed E-state index contributed by atoms with van der Waals surface area (Å²) in [6.45, 7) is 5.54. The van der Waals surface area contributed by atoms with Gasteiger partial charge in [-0.15, -0.1) is 0 Å². The minimum atomic E-state index is -0.165. The number of hydrogen-bond donors (Lipinski definition) is 0. The summed E-state index contributed by atoms with van der Waals surface area (Å²) >= 11 is 0. The Morgan fingerprint density at radius 2 is 1.96 bits per heavy atom. The Hall–Kier alpha value is -1.39. The fourth-order valence-electron chi connectivity index (χ4n) is 4.61. The molecule has 1 aliphatic heterocycles. The van der Waals surface area contributed by atoms with Crippen molar-refractivity contribution in [2.24, 2.45) is 11.8 Å². The standard InChI is InChI=1S/C21H32N2O2/c1-4-5-13-23-14-17-11-12-19(22(2)3)18(15-23)20(17)25-21(24)16-9-7-6-8-10-16/h6-10,17-20H,4-5,11-15H2,1-3H3/t17?,18?,19-,20+/m0/s1. The Morgan fingerprint density at radius 3 is 2.64 bits per heavy atom. The van der Waals surface area contributed by atoms with Gasteiger partial charge in [0.2, 0.25) is 0 Å². The van der Waals surface area contributed by atoms with Gasteiger partial charge in [-0.3, -0.25) is 0 Å². The van der Waals surface area contributed by atoms with E-state index in [0.717, 1.165) is 19.5 Å². The predicted molar refractivity (Wildman–Crippen MR) is 101 cm³/mol. The molecule has 0 spiro atoms. The maximum absolute atomic E-state index is 12.6. The fraction of sp³-hybridized carbons (Fsp3) is 0.667. The van der Waals surface area contributed by atoms with E-state index < -0.39 is 0 Å². The van der Waals surface area contributed by atoms with E-state index in [1.165, 1.54) is 25.8 Å². The number of esters is 1. The number of benzene rings is 1. The first-order chi connectivity index (χ1) is 12.1. The number of ether oxygens (including phenoxy) is 1. The van der Waals surface area contributed by atoms with Crippen molar-refractivity contribution in [3.63, 3.8) is 0 Å². The second kappa shape index (κ2) is 8.33. The first-order valence-corrected chi connectivity index (χ1v) is 9.75. The van der Waals surface area contributed by atoms with E-state index in [1.54, 1.807) is 0 Å². The number of unbranched alkanes of at least 4 members (excludes halogenated alkanes) is 1. The molecule has 0 amide bonds. The Kier molecular flexibility index (Phi) is 6.13. The Labute approximate surface area is 152 Å². The lowest BCUT2D eigenvalue weighted by Gasteiger charge is -2.51. The van der Waals surface area contributed by atoms with Gasteiger partial charge in [-0.1, -0.05) is 31.5 Å². The number of hydrogen-bond acceptors (Lipinski definition) is 4. The van der Waals surface area contributed by atoms with Crippen molar-refractivity contribution < 1.29 is 9.53 Å². The predicted octanol–water partition coefficient (Wildman–Crippen LogP) is 3.28. The van der Waals surface area contributed by atoms with Crippen molar-refractivity contribution in [2.75, 3.05) is 33.7 Å². The van der Waals surface area contributed by atoms with Crippen LogP contribution in [0.15, 0.2) is 30.3 Å². The van der Waals surface area contributed by atoms with Gasteiger partial charge in [-0.25, -0.2) is 4.79 Å². The molecule has 1 aromatic rings. The molecular weight excluding hydrogens is 312 g/mol. The lowest BCUT2D eigenvalue weighted by molar-refractivity contribution is -0.0921. The smallest absolute Gasteiger partial charge is 0.338 e. The van der Waals surface area contributed by atoms with E-state index in [1.807, 2.05) is 30.3 Å². The van der Waals surface area contributed by atoms with Crippen LogP contribution in [-0.2, 0) is 4.74 Å². The van der Waals surface area contributed by atoms with Crippen LogP contribution in [0.5, 0.6) is 0 Å². The zero-order valence-corrected chi connectivity index (χ0v) is 15.9. The molecule has 1 aromatic carbocycles. The van der Waals surface area contributed by atoms with Crippen LogP contribution in [0.3, 0.4) is 0 Å². The van der Waals surface area contributed by atoms with E-state index >= 15 is 0 Å². The Bertz CT molecular complexity index is 560. The molecule has 0 aromatic heterocycles. The summed E-state index contributed by atoms with van der Waals surface area (Å²) in [6, 6.07) is 9.91. The van der Waals surface area contributed by atoms with Crippen LogP contribution in [0.25, 0.3) is 0 Å². The molecule has 1 heterocycles. The van der Waals surface area contributed by atoms with Crippen LogP contribution in [0, 0.1) is 11.8 Å². The van der Waals surface area contributed by atoms with Crippen LogP contribution in [-0.4, -0.2) is 61.6 Å². The molecule has 2 aliphatic rings. The zero-order valence-electron chi connectivity index (χ0n) is 15.9. The van der Waals surface area contributed by atoms with Crippen LogP contribution < -0.4 is 0 Å². The van der Waals surface area contributed by atoms with Gasteiger partial charge < -0.3 is 14.5 Å². The van der Waals surface area contributed by atoms with Gasteiger partial charge in [0.15, 0.2) is 0 Å². The lowest BCUT2D eigenvalue weighted by atomic mass is 9.71. The van der Waals surface area contributed by atoms with Crippen molar-refractivity contribution >= 4 is 5.97 Å². The molecule has 0 N–H and O–H groups in total. The van der Waals surface area contributed by atoms with Crippen LogP contribution in [0.4, 0.5) is 0 Å². The normalized spacial score (nSPS) is 29.6. The summed E-state index contributed by atoms with van der Waals surface area (Å²) in [5, 5.41) is 0. The Balaban J connectivity index is 1.74. The lowest BCUT2D eigenvalue weighted by Crippen LogP contribution is -2.60. The summed E-state index contributed by atoms with van der Waals surface area (Å²) in [6.07, 6.45) is 4.89. The number of likely N-dealkylation sites (tertiary alicyclic amines) is 1. The molecule has 4 atom stereocenters. The van der Waals surface area contributed by atoms with Crippen molar-refractivity contribution in [3.8, 4) is 0 Å². The van der Waals surface area contributed by atoms with Gasteiger partial charge >= 0.3 is 5.97 Å². The van der Waals surface area contributed by atoms with Crippen molar-refractivity contribution in [1.29, 1.82) is 0 Å². The molecule has 0 radical (unpaired) electrons. The average molecular weight is 344 g/mol. The van der Waals surface area contributed by atoms with Crippen LogP contribution in [0.1, 0.15) is 43.0 Å². The van der Waals surface area contributed by atoms with Gasteiger partial charge in [0, 0.05) is 31.0 Å². The maximum atomic E-state index is 12.6. The molecule has 2 bridgehead atoms. The highest BCUT2D eigenvalue weighted by atomic mass is 16.5. The van der Waals surface area contributed by atoms with E-state index in [0.29, 0.717) is 23.4 Å². The zero-order chi connectivity index (χ0) is 17.8. The highest BCUT2D eigenvalue weighted by Crippen LogP contribution is 2.39. The first kappa shape index (κ1) is 18.4. The van der Waals surface area contributed by atoms with Gasteiger partial charge in [-0.05, 0) is 52.0 Å². The van der Waals surface area contributed by atoms with Crippen molar-refractivity contribution in [3.05, 3.63) is 35.9 Å². The number of piperidine rings is 1. The van der Waals surface area contributed by atoms with E-state index in [-0.39, 0.29) is 12.1 Å². The maximum Gasteiger partial charge on any atom is 0.338 e. The minimum Gasteiger partial charge on any atom is -0.458 e.